The number of benzene rings is 1. The lowest BCUT2D eigenvalue weighted by molar-refractivity contribution is -0.138. The van der Waals surface area contributed by atoms with Gasteiger partial charge < -0.3 is 15.0 Å². The predicted octanol–water partition coefficient (Wildman–Crippen LogP) is 1.94. The topological polar surface area (TPSA) is 58.6 Å². The molecule has 1 N–H and O–H groups in total. The van der Waals surface area contributed by atoms with Gasteiger partial charge in [0.25, 0.3) is 0 Å². The normalized spacial score (nSPS) is 15.0. The summed E-state index contributed by atoms with van der Waals surface area (Å²) in [5.74, 6) is -0.458. The molecule has 6 heteroatoms. The standard InChI is InChI=1S/C14H17BrN2O3/c1-10-2-3-12(11(15)8-10)16-13(18)9-14(19)17-4-6-20-7-5-17/h2-3,8H,4-7,9H2,1H3,(H,16,18). The van der Waals surface area contributed by atoms with Crippen LogP contribution in [0, 0.1) is 6.92 Å². The molecule has 1 saturated heterocycles. The van der Waals surface area contributed by atoms with E-state index in [-0.39, 0.29) is 18.2 Å². The molecule has 0 spiro atoms. The predicted molar refractivity (Wildman–Crippen MR) is 79.5 cm³/mol. The fourth-order valence-electron chi connectivity index (χ4n) is 1.98. The number of halogens is 1. The second-order valence-electron chi connectivity index (χ2n) is 4.70. The number of nitrogens with zero attached hydrogens (tertiary/aromatic N) is 1. The van der Waals surface area contributed by atoms with Crippen molar-refractivity contribution in [2.75, 3.05) is 31.6 Å². The van der Waals surface area contributed by atoms with Gasteiger partial charge in [0.2, 0.25) is 11.8 Å². The molecule has 1 fully saturated rings. The summed E-state index contributed by atoms with van der Waals surface area (Å²) < 4.78 is 5.99. The minimum Gasteiger partial charge on any atom is -0.378 e. The van der Waals surface area contributed by atoms with Gasteiger partial charge in [-0.2, -0.15) is 0 Å². The maximum Gasteiger partial charge on any atom is 0.233 e. The first-order valence-electron chi connectivity index (χ1n) is 6.48. The number of carbonyl (C=O) groups excluding carboxylic acids is 2. The lowest BCUT2D eigenvalue weighted by atomic mass is 10.2. The fourth-order valence-corrected chi connectivity index (χ4v) is 2.57. The van der Waals surface area contributed by atoms with Crippen LogP contribution in [0.1, 0.15) is 12.0 Å². The maximum absolute atomic E-state index is 11.9. The van der Waals surface area contributed by atoms with Crippen molar-refractivity contribution < 1.29 is 14.3 Å². The van der Waals surface area contributed by atoms with Gasteiger partial charge in [-0.1, -0.05) is 6.07 Å². The molecule has 5 nitrogen and oxygen atoms in total. The third kappa shape index (κ3) is 4.05. The van der Waals surface area contributed by atoms with Crippen LogP contribution in [0.2, 0.25) is 0 Å². The number of amides is 2. The molecule has 2 rings (SSSR count). The van der Waals surface area contributed by atoms with E-state index in [1.807, 2.05) is 25.1 Å². The molecule has 0 aliphatic carbocycles. The highest BCUT2D eigenvalue weighted by Crippen LogP contribution is 2.23. The zero-order chi connectivity index (χ0) is 14.5. The Morgan fingerprint density at radius 3 is 2.70 bits per heavy atom. The van der Waals surface area contributed by atoms with Gasteiger partial charge in [-0.15, -0.1) is 0 Å². The Morgan fingerprint density at radius 2 is 2.05 bits per heavy atom. The van der Waals surface area contributed by atoms with E-state index in [1.165, 1.54) is 0 Å². The lowest BCUT2D eigenvalue weighted by Crippen LogP contribution is -2.41. The summed E-state index contributed by atoms with van der Waals surface area (Å²) in [4.78, 5) is 25.5. The maximum atomic E-state index is 11.9. The van der Waals surface area contributed by atoms with E-state index < -0.39 is 0 Å². The summed E-state index contributed by atoms with van der Waals surface area (Å²) >= 11 is 3.39. The van der Waals surface area contributed by atoms with E-state index >= 15 is 0 Å². The monoisotopic (exact) mass is 340 g/mol. The van der Waals surface area contributed by atoms with Crippen molar-refractivity contribution in [2.45, 2.75) is 13.3 Å². The minimum absolute atomic E-state index is 0.139. The van der Waals surface area contributed by atoms with Crippen LogP contribution < -0.4 is 5.32 Å². The summed E-state index contributed by atoms with van der Waals surface area (Å²) in [6.45, 7) is 4.16. The number of nitrogens with one attached hydrogen (secondary N) is 1. The molecule has 2 amide bonds. The quantitative estimate of drug-likeness (QED) is 0.855. The number of aryl methyl sites for hydroxylation is 1. The first-order chi connectivity index (χ1) is 9.56. The molecule has 0 saturated carbocycles. The Kier molecular flexibility index (Phi) is 5.14. The Balaban J connectivity index is 1.90. The highest BCUT2D eigenvalue weighted by molar-refractivity contribution is 9.10. The second-order valence-corrected chi connectivity index (χ2v) is 5.56. The van der Waals surface area contributed by atoms with E-state index in [0.29, 0.717) is 32.0 Å². The van der Waals surface area contributed by atoms with Crippen LogP contribution >= 0.6 is 15.9 Å². The van der Waals surface area contributed by atoms with Crippen LogP contribution in [-0.2, 0) is 14.3 Å². The van der Waals surface area contributed by atoms with E-state index in [1.54, 1.807) is 4.90 Å². The van der Waals surface area contributed by atoms with Crippen molar-refractivity contribution in [3.63, 3.8) is 0 Å². The molecule has 20 heavy (non-hydrogen) atoms. The van der Waals surface area contributed by atoms with Crippen LogP contribution in [0.3, 0.4) is 0 Å². The number of rotatable bonds is 3. The van der Waals surface area contributed by atoms with Gasteiger partial charge in [0, 0.05) is 17.6 Å². The Bertz CT molecular complexity index is 513. The third-order valence-electron chi connectivity index (χ3n) is 3.07. The van der Waals surface area contributed by atoms with Crippen LogP contribution in [0.5, 0.6) is 0 Å². The van der Waals surface area contributed by atoms with Crippen molar-refractivity contribution in [2.24, 2.45) is 0 Å². The van der Waals surface area contributed by atoms with Gasteiger partial charge in [-0.25, -0.2) is 0 Å². The average molecular weight is 341 g/mol. The van der Waals surface area contributed by atoms with E-state index in [9.17, 15) is 9.59 Å². The van der Waals surface area contributed by atoms with Crippen molar-refractivity contribution in [3.05, 3.63) is 28.2 Å². The van der Waals surface area contributed by atoms with Crippen molar-refractivity contribution in [1.82, 2.24) is 4.90 Å². The number of carbonyl (C=O) groups is 2. The number of hydrogen-bond acceptors (Lipinski definition) is 3. The number of hydrogen-bond donors (Lipinski definition) is 1. The van der Waals surface area contributed by atoms with Gasteiger partial charge in [-0.05, 0) is 40.5 Å². The third-order valence-corrected chi connectivity index (χ3v) is 3.73. The first-order valence-corrected chi connectivity index (χ1v) is 7.27. The van der Waals surface area contributed by atoms with E-state index in [0.717, 1.165) is 10.0 Å². The minimum atomic E-state index is -0.300. The lowest BCUT2D eigenvalue weighted by Gasteiger charge is -2.26. The SMILES string of the molecule is Cc1ccc(NC(=O)CC(=O)N2CCOCC2)c(Br)c1. The Hall–Kier alpha value is -1.40. The molecule has 1 aromatic carbocycles. The van der Waals surface area contributed by atoms with E-state index in [2.05, 4.69) is 21.2 Å². The number of morpholine rings is 1. The van der Waals surface area contributed by atoms with Crippen LogP contribution in [0.25, 0.3) is 0 Å². The second kappa shape index (κ2) is 6.85. The summed E-state index contributed by atoms with van der Waals surface area (Å²) in [6, 6.07) is 5.64. The smallest absolute Gasteiger partial charge is 0.233 e. The van der Waals surface area contributed by atoms with Crippen LogP contribution in [0.4, 0.5) is 5.69 Å². The molecular weight excluding hydrogens is 324 g/mol. The van der Waals surface area contributed by atoms with Crippen LogP contribution in [-0.4, -0.2) is 43.0 Å². The molecule has 108 valence electrons. The number of anilines is 1. The van der Waals surface area contributed by atoms with Crippen molar-refractivity contribution >= 4 is 33.4 Å². The summed E-state index contributed by atoms with van der Waals surface area (Å²) in [7, 11) is 0. The molecule has 1 heterocycles. The van der Waals surface area contributed by atoms with Crippen LogP contribution in [0.15, 0.2) is 22.7 Å². The van der Waals surface area contributed by atoms with Gasteiger partial charge in [-0.3, -0.25) is 9.59 Å². The van der Waals surface area contributed by atoms with Gasteiger partial charge >= 0.3 is 0 Å². The molecule has 1 aliphatic rings. The number of ether oxygens (including phenoxy) is 1. The molecule has 0 bridgehead atoms. The summed E-state index contributed by atoms with van der Waals surface area (Å²) in [5.41, 5.74) is 1.77. The average Bonchev–Trinajstić information content (AvgIpc) is 2.43. The summed E-state index contributed by atoms with van der Waals surface area (Å²) in [5, 5.41) is 2.74. The Morgan fingerprint density at radius 1 is 1.35 bits per heavy atom. The van der Waals surface area contributed by atoms with Crippen molar-refractivity contribution in [3.8, 4) is 0 Å². The highest BCUT2D eigenvalue weighted by atomic mass is 79.9. The largest absolute Gasteiger partial charge is 0.378 e. The first kappa shape index (κ1) is 15.0. The van der Waals surface area contributed by atoms with E-state index in [4.69, 9.17) is 4.74 Å². The molecule has 0 radical (unpaired) electrons. The van der Waals surface area contributed by atoms with Crippen molar-refractivity contribution in [1.29, 1.82) is 0 Å². The molecule has 1 aromatic rings. The zero-order valence-electron chi connectivity index (χ0n) is 11.3. The Labute approximate surface area is 126 Å². The van der Waals surface area contributed by atoms with Gasteiger partial charge in [0.05, 0.1) is 18.9 Å². The van der Waals surface area contributed by atoms with Gasteiger partial charge in [0.15, 0.2) is 0 Å². The fraction of sp³-hybridized carbons (Fsp3) is 0.429. The summed E-state index contributed by atoms with van der Waals surface area (Å²) in [6.07, 6.45) is -0.139. The highest BCUT2D eigenvalue weighted by Gasteiger charge is 2.19. The molecule has 0 atom stereocenters. The zero-order valence-corrected chi connectivity index (χ0v) is 12.9. The molecule has 1 aliphatic heterocycles. The molecule has 0 unspecified atom stereocenters. The molecular formula is C14H17BrN2O3. The van der Waals surface area contributed by atoms with Gasteiger partial charge in [0.1, 0.15) is 6.42 Å². The molecule has 0 aromatic heterocycles.